The maximum absolute atomic E-state index is 11.9. The molecule has 0 unspecified atom stereocenters. The molecule has 122 valence electrons. The Labute approximate surface area is 135 Å². The Kier molecular flexibility index (Phi) is 6.00. The fourth-order valence-corrected chi connectivity index (χ4v) is 2.20. The average Bonchev–Trinajstić information content (AvgIpc) is 2.55. The Balaban J connectivity index is 1.84. The van der Waals surface area contributed by atoms with Crippen molar-refractivity contribution in [2.75, 3.05) is 6.61 Å². The number of benzene rings is 2. The highest BCUT2D eigenvalue weighted by Crippen LogP contribution is 2.12. The number of rotatable bonds is 6. The van der Waals surface area contributed by atoms with E-state index in [1.165, 1.54) is 0 Å². The first kappa shape index (κ1) is 16.8. The monoisotopic (exact) mass is 315 g/mol. The molecule has 0 heterocycles. The molecule has 0 saturated heterocycles. The molecule has 0 aliphatic rings. The molecule has 2 rings (SSSR count). The quantitative estimate of drug-likeness (QED) is 0.765. The van der Waals surface area contributed by atoms with E-state index in [-0.39, 0.29) is 19.0 Å². The Morgan fingerprint density at radius 2 is 1.87 bits per heavy atom. The minimum absolute atomic E-state index is 0.180. The minimum Gasteiger partial charge on any atom is -0.508 e. The summed E-state index contributed by atoms with van der Waals surface area (Å²) in [5.74, 6) is 0.180. The van der Waals surface area contributed by atoms with Crippen LogP contribution in [0.25, 0.3) is 0 Å². The number of nitrogens with one attached hydrogen (secondary N) is 1. The molecule has 2 aromatic carbocycles. The summed E-state index contributed by atoms with van der Waals surface area (Å²) in [5, 5.41) is 21.3. The number of hydrogen-bond acceptors (Lipinski definition) is 4. The van der Waals surface area contributed by atoms with E-state index in [2.05, 4.69) is 5.32 Å². The second-order valence-corrected chi connectivity index (χ2v) is 5.40. The summed E-state index contributed by atoms with van der Waals surface area (Å²) in [6.45, 7) is 1.95. The summed E-state index contributed by atoms with van der Waals surface area (Å²) < 4.78 is 5.20. The van der Waals surface area contributed by atoms with E-state index in [0.717, 1.165) is 16.7 Å². The van der Waals surface area contributed by atoms with Crippen molar-refractivity contribution in [3.8, 4) is 5.75 Å². The van der Waals surface area contributed by atoms with Crippen LogP contribution in [0.2, 0.25) is 0 Å². The lowest BCUT2D eigenvalue weighted by atomic mass is 10.1. The Morgan fingerprint density at radius 3 is 2.52 bits per heavy atom. The number of phenols is 1. The van der Waals surface area contributed by atoms with Crippen LogP contribution in [0.4, 0.5) is 4.79 Å². The molecule has 0 aromatic heterocycles. The van der Waals surface area contributed by atoms with Crippen LogP contribution in [0.1, 0.15) is 16.7 Å². The third-order valence-corrected chi connectivity index (χ3v) is 3.58. The molecular formula is C18H21NO4. The molecule has 0 aliphatic carbocycles. The van der Waals surface area contributed by atoms with Crippen molar-refractivity contribution in [1.82, 2.24) is 5.32 Å². The second-order valence-electron chi connectivity index (χ2n) is 5.40. The van der Waals surface area contributed by atoms with Crippen LogP contribution >= 0.6 is 0 Å². The van der Waals surface area contributed by atoms with Crippen molar-refractivity contribution < 1.29 is 19.7 Å². The lowest BCUT2D eigenvalue weighted by Crippen LogP contribution is -2.39. The van der Waals surface area contributed by atoms with Crippen molar-refractivity contribution in [2.24, 2.45) is 0 Å². The third kappa shape index (κ3) is 5.30. The first-order valence-electron chi connectivity index (χ1n) is 7.45. The van der Waals surface area contributed by atoms with E-state index in [9.17, 15) is 15.0 Å². The molecule has 0 fully saturated rings. The highest BCUT2D eigenvalue weighted by Gasteiger charge is 2.13. The first-order chi connectivity index (χ1) is 11.1. The highest BCUT2D eigenvalue weighted by molar-refractivity contribution is 5.67. The first-order valence-corrected chi connectivity index (χ1v) is 7.45. The SMILES string of the molecule is Cc1ccccc1COC(=O)N[C@H](CO)Cc1ccc(O)cc1. The summed E-state index contributed by atoms with van der Waals surface area (Å²) in [6.07, 6.45) is -0.109. The predicted octanol–water partition coefficient (Wildman–Crippen LogP) is 2.53. The zero-order valence-electron chi connectivity index (χ0n) is 13.0. The average molecular weight is 315 g/mol. The van der Waals surface area contributed by atoms with Gasteiger partial charge >= 0.3 is 6.09 Å². The van der Waals surface area contributed by atoms with E-state index >= 15 is 0 Å². The fraction of sp³-hybridized carbons (Fsp3) is 0.278. The van der Waals surface area contributed by atoms with E-state index in [1.54, 1.807) is 24.3 Å². The molecule has 0 spiro atoms. The number of aliphatic hydroxyl groups is 1. The number of aliphatic hydroxyl groups excluding tert-OH is 1. The van der Waals surface area contributed by atoms with Crippen LogP contribution in [0.15, 0.2) is 48.5 Å². The summed E-state index contributed by atoms with van der Waals surface area (Å²) in [7, 11) is 0. The van der Waals surface area contributed by atoms with Gasteiger partial charge in [-0.25, -0.2) is 4.79 Å². The molecular weight excluding hydrogens is 294 g/mol. The molecule has 2 aromatic rings. The summed E-state index contributed by atoms with van der Waals surface area (Å²) in [4.78, 5) is 11.9. The normalized spacial score (nSPS) is 11.7. The van der Waals surface area contributed by atoms with Gasteiger partial charge in [0.25, 0.3) is 0 Å². The number of hydrogen-bond donors (Lipinski definition) is 3. The van der Waals surface area contributed by atoms with E-state index in [4.69, 9.17) is 4.74 Å². The molecule has 5 nitrogen and oxygen atoms in total. The van der Waals surface area contributed by atoms with Crippen LogP contribution in [-0.2, 0) is 17.8 Å². The number of ether oxygens (including phenoxy) is 1. The number of amides is 1. The summed E-state index contributed by atoms with van der Waals surface area (Å²) in [6, 6.07) is 13.9. The summed E-state index contributed by atoms with van der Waals surface area (Å²) in [5.41, 5.74) is 2.91. The molecule has 0 radical (unpaired) electrons. The van der Waals surface area contributed by atoms with Gasteiger partial charge in [0, 0.05) is 0 Å². The standard InChI is InChI=1S/C18H21NO4/c1-13-4-2-3-5-15(13)12-23-18(22)19-16(11-20)10-14-6-8-17(21)9-7-14/h2-9,16,20-21H,10-12H2,1H3,(H,19,22)/t16-/m0/s1. The molecule has 23 heavy (non-hydrogen) atoms. The lowest BCUT2D eigenvalue weighted by molar-refractivity contribution is 0.129. The van der Waals surface area contributed by atoms with E-state index in [1.807, 2.05) is 31.2 Å². The second kappa shape index (κ2) is 8.19. The van der Waals surface area contributed by atoms with Gasteiger partial charge in [0.2, 0.25) is 0 Å². The number of aromatic hydroxyl groups is 1. The minimum atomic E-state index is -0.564. The number of carbonyl (C=O) groups excluding carboxylic acids is 1. The van der Waals surface area contributed by atoms with Crippen LogP contribution in [0.3, 0.4) is 0 Å². The molecule has 1 amide bonds. The van der Waals surface area contributed by atoms with E-state index < -0.39 is 12.1 Å². The van der Waals surface area contributed by atoms with Crippen molar-refractivity contribution in [3.63, 3.8) is 0 Å². The molecule has 5 heteroatoms. The van der Waals surface area contributed by atoms with E-state index in [0.29, 0.717) is 6.42 Å². The van der Waals surface area contributed by atoms with Crippen LogP contribution < -0.4 is 5.32 Å². The van der Waals surface area contributed by atoms with Gasteiger partial charge in [0.15, 0.2) is 0 Å². The molecule has 0 saturated carbocycles. The Morgan fingerprint density at radius 1 is 1.17 bits per heavy atom. The number of alkyl carbamates (subject to hydrolysis) is 1. The molecule has 0 aliphatic heterocycles. The summed E-state index contributed by atoms with van der Waals surface area (Å²) >= 11 is 0. The van der Waals surface area contributed by atoms with Crippen molar-refractivity contribution in [3.05, 3.63) is 65.2 Å². The zero-order chi connectivity index (χ0) is 16.7. The third-order valence-electron chi connectivity index (χ3n) is 3.58. The van der Waals surface area contributed by atoms with Gasteiger partial charge in [-0.05, 0) is 42.2 Å². The number of aryl methyl sites for hydroxylation is 1. The van der Waals surface area contributed by atoms with Gasteiger partial charge in [-0.15, -0.1) is 0 Å². The number of carbonyl (C=O) groups is 1. The zero-order valence-corrected chi connectivity index (χ0v) is 13.0. The van der Waals surface area contributed by atoms with Gasteiger partial charge in [-0.3, -0.25) is 0 Å². The van der Waals surface area contributed by atoms with Gasteiger partial charge in [0.1, 0.15) is 12.4 Å². The van der Waals surface area contributed by atoms with Crippen molar-refractivity contribution in [2.45, 2.75) is 26.0 Å². The van der Waals surface area contributed by atoms with Crippen molar-refractivity contribution in [1.29, 1.82) is 0 Å². The van der Waals surface area contributed by atoms with Crippen molar-refractivity contribution >= 4 is 6.09 Å². The lowest BCUT2D eigenvalue weighted by Gasteiger charge is -2.16. The van der Waals surface area contributed by atoms with Gasteiger partial charge < -0.3 is 20.3 Å². The van der Waals surface area contributed by atoms with Gasteiger partial charge in [-0.2, -0.15) is 0 Å². The maximum atomic E-state index is 11.9. The maximum Gasteiger partial charge on any atom is 0.407 e. The van der Waals surface area contributed by atoms with Crippen LogP contribution in [0, 0.1) is 6.92 Å². The van der Waals surface area contributed by atoms with Gasteiger partial charge in [-0.1, -0.05) is 36.4 Å². The van der Waals surface area contributed by atoms with Gasteiger partial charge in [0.05, 0.1) is 12.6 Å². The smallest absolute Gasteiger partial charge is 0.407 e. The van der Waals surface area contributed by atoms with Crippen LogP contribution in [0.5, 0.6) is 5.75 Å². The Bertz CT molecular complexity index is 640. The Hall–Kier alpha value is -2.53. The predicted molar refractivity (Wildman–Crippen MR) is 87.2 cm³/mol. The largest absolute Gasteiger partial charge is 0.508 e. The number of phenolic OH excluding ortho intramolecular Hbond substituents is 1. The van der Waals surface area contributed by atoms with Crippen LogP contribution in [-0.4, -0.2) is 29.0 Å². The highest BCUT2D eigenvalue weighted by atomic mass is 16.5. The topological polar surface area (TPSA) is 78.8 Å². The molecule has 0 bridgehead atoms. The molecule has 1 atom stereocenters. The fourth-order valence-electron chi connectivity index (χ4n) is 2.20. The molecule has 3 N–H and O–H groups in total.